The maximum atomic E-state index is 4.51. The maximum Gasteiger partial charge on any atom is 0.0960 e. The van der Waals surface area contributed by atoms with Gasteiger partial charge >= 0.3 is 0 Å². The summed E-state index contributed by atoms with van der Waals surface area (Å²) in [5, 5.41) is 4.53. The molecule has 0 aliphatic heterocycles. The Morgan fingerprint density at radius 2 is 2.00 bits per heavy atom. The van der Waals surface area contributed by atoms with Crippen molar-refractivity contribution in [3.63, 3.8) is 0 Å². The van der Waals surface area contributed by atoms with Crippen LogP contribution in [-0.2, 0) is 6.54 Å². The molecule has 0 aliphatic carbocycles. The van der Waals surface area contributed by atoms with Crippen LogP contribution >= 0.6 is 11.8 Å². The van der Waals surface area contributed by atoms with Crippen LogP contribution in [0.4, 0.5) is 0 Å². The molecule has 1 heterocycles. The Balaban J connectivity index is 2.31. The van der Waals surface area contributed by atoms with Crippen LogP contribution in [0.15, 0.2) is 23.4 Å². The number of aromatic nitrogens is 1. The zero-order valence-electron chi connectivity index (χ0n) is 12.6. The molecule has 0 fully saturated rings. The van der Waals surface area contributed by atoms with Crippen molar-refractivity contribution in [3.8, 4) is 0 Å². The van der Waals surface area contributed by atoms with Crippen LogP contribution in [-0.4, -0.2) is 41.3 Å². The van der Waals surface area contributed by atoms with E-state index in [1.165, 1.54) is 5.56 Å². The summed E-state index contributed by atoms with van der Waals surface area (Å²) in [5.74, 6) is 1.11. The first-order valence-electron chi connectivity index (χ1n) is 7.19. The third-order valence-electron chi connectivity index (χ3n) is 3.06. The lowest BCUT2D eigenvalue weighted by molar-refractivity contribution is 0.324. The van der Waals surface area contributed by atoms with Crippen molar-refractivity contribution in [2.45, 2.75) is 45.3 Å². The van der Waals surface area contributed by atoms with Gasteiger partial charge in [0.05, 0.1) is 5.03 Å². The lowest BCUT2D eigenvalue weighted by Crippen LogP contribution is -2.25. The quantitative estimate of drug-likeness (QED) is 0.704. The fourth-order valence-electron chi connectivity index (χ4n) is 1.74. The first-order chi connectivity index (χ1) is 9.15. The standard InChI is InChI=1S/C15H27N3S/c1-5-18(6-2)9-10-19-15-8-7-14(12-17-15)11-16-13(3)4/h7-8,12-13,16H,5-6,9-11H2,1-4H3. The summed E-state index contributed by atoms with van der Waals surface area (Å²) in [6.07, 6.45) is 1.98. The highest BCUT2D eigenvalue weighted by molar-refractivity contribution is 7.99. The average molecular weight is 281 g/mol. The highest BCUT2D eigenvalue weighted by atomic mass is 32.2. The fourth-order valence-corrected chi connectivity index (χ4v) is 2.59. The fraction of sp³-hybridized carbons (Fsp3) is 0.667. The van der Waals surface area contributed by atoms with Crippen molar-refractivity contribution in [1.82, 2.24) is 15.2 Å². The van der Waals surface area contributed by atoms with E-state index in [1.54, 1.807) is 0 Å². The topological polar surface area (TPSA) is 28.2 Å². The molecule has 0 amide bonds. The zero-order valence-corrected chi connectivity index (χ0v) is 13.5. The van der Waals surface area contributed by atoms with E-state index in [9.17, 15) is 0 Å². The minimum atomic E-state index is 0.517. The molecule has 0 unspecified atom stereocenters. The van der Waals surface area contributed by atoms with Gasteiger partial charge in [0.1, 0.15) is 0 Å². The molecule has 0 saturated carbocycles. The number of pyridine rings is 1. The van der Waals surface area contributed by atoms with E-state index in [1.807, 2.05) is 18.0 Å². The van der Waals surface area contributed by atoms with Crippen LogP contribution in [0.3, 0.4) is 0 Å². The maximum absolute atomic E-state index is 4.51. The molecule has 19 heavy (non-hydrogen) atoms. The molecule has 0 spiro atoms. The van der Waals surface area contributed by atoms with E-state index in [0.717, 1.165) is 37.0 Å². The summed E-state index contributed by atoms with van der Waals surface area (Å²) >= 11 is 1.84. The average Bonchev–Trinajstić information content (AvgIpc) is 2.42. The molecule has 0 aromatic carbocycles. The van der Waals surface area contributed by atoms with Crippen LogP contribution in [0, 0.1) is 0 Å². The van der Waals surface area contributed by atoms with Gasteiger partial charge in [0.25, 0.3) is 0 Å². The summed E-state index contributed by atoms with van der Waals surface area (Å²) in [5.41, 5.74) is 1.25. The summed E-state index contributed by atoms with van der Waals surface area (Å²) in [7, 11) is 0. The molecule has 0 radical (unpaired) electrons. The summed E-state index contributed by atoms with van der Waals surface area (Å²) in [6, 6.07) is 4.81. The molecule has 0 atom stereocenters. The van der Waals surface area contributed by atoms with Crippen molar-refractivity contribution in [1.29, 1.82) is 0 Å². The number of hydrogen-bond acceptors (Lipinski definition) is 4. The van der Waals surface area contributed by atoms with E-state index in [0.29, 0.717) is 6.04 Å². The minimum Gasteiger partial charge on any atom is -0.310 e. The van der Waals surface area contributed by atoms with Crippen molar-refractivity contribution < 1.29 is 0 Å². The Bertz CT molecular complexity index is 334. The molecule has 0 saturated heterocycles. The first-order valence-corrected chi connectivity index (χ1v) is 8.17. The highest BCUT2D eigenvalue weighted by Gasteiger charge is 2.01. The SMILES string of the molecule is CCN(CC)CCSc1ccc(CNC(C)C)cn1. The second-order valence-electron chi connectivity index (χ2n) is 4.92. The Kier molecular flexibility index (Phi) is 8.10. The van der Waals surface area contributed by atoms with Gasteiger partial charge in [-0.1, -0.05) is 33.8 Å². The first kappa shape index (κ1) is 16.5. The Hall–Kier alpha value is -0.580. The van der Waals surface area contributed by atoms with E-state index >= 15 is 0 Å². The lowest BCUT2D eigenvalue weighted by atomic mass is 10.2. The number of nitrogens with zero attached hydrogens (tertiary/aromatic N) is 2. The molecule has 108 valence electrons. The van der Waals surface area contributed by atoms with Crippen molar-refractivity contribution in [3.05, 3.63) is 23.9 Å². The van der Waals surface area contributed by atoms with Gasteiger partial charge in [-0.15, -0.1) is 11.8 Å². The van der Waals surface area contributed by atoms with E-state index in [-0.39, 0.29) is 0 Å². The van der Waals surface area contributed by atoms with Gasteiger partial charge in [0.15, 0.2) is 0 Å². The normalized spacial score (nSPS) is 11.5. The molecule has 0 bridgehead atoms. The minimum absolute atomic E-state index is 0.517. The van der Waals surface area contributed by atoms with Crippen LogP contribution in [0.1, 0.15) is 33.3 Å². The zero-order chi connectivity index (χ0) is 14.1. The predicted octanol–water partition coefficient (Wildman–Crippen LogP) is 3.01. The highest BCUT2D eigenvalue weighted by Crippen LogP contribution is 2.15. The second kappa shape index (κ2) is 9.34. The van der Waals surface area contributed by atoms with Gasteiger partial charge < -0.3 is 10.2 Å². The predicted molar refractivity (Wildman–Crippen MR) is 84.7 cm³/mol. The molecule has 1 N–H and O–H groups in total. The van der Waals surface area contributed by atoms with E-state index in [4.69, 9.17) is 0 Å². The largest absolute Gasteiger partial charge is 0.310 e. The number of hydrogen-bond donors (Lipinski definition) is 1. The Morgan fingerprint density at radius 3 is 2.53 bits per heavy atom. The van der Waals surface area contributed by atoms with Crippen molar-refractivity contribution in [2.75, 3.05) is 25.4 Å². The van der Waals surface area contributed by atoms with Gasteiger partial charge in [0, 0.05) is 31.1 Å². The van der Waals surface area contributed by atoms with E-state index in [2.05, 4.69) is 55.0 Å². The molecule has 3 nitrogen and oxygen atoms in total. The number of nitrogens with one attached hydrogen (secondary N) is 1. The van der Waals surface area contributed by atoms with Crippen LogP contribution in [0.25, 0.3) is 0 Å². The Labute approximate surface area is 122 Å². The third kappa shape index (κ3) is 6.95. The van der Waals surface area contributed by atoms with Gasteiger partial charge in [-0.05, 0) is 24.7 Å². The van der Waals surface area contributed by atoms with Crippen LogP contribution in [0.5, 0.6) is 0 Å². The lowest BCUT2D eigenvalue weighted by Gasteiger charge is -2.17. The van der Waals surface area contributed by atoms with E-state index < -0.39 is 0 Å². The molecule has 1 rings (SSSR count). The molecular weight excluding hydrogens is 254 g/mol. The van der Waals surface area contributed by atoms with Gasteiger partial charge in [0.2, 0.25) is 0 Å². The number of rotatable bonds is 9. The molecule has 4 heteroatoms. The van der Waals surface area contributed by atoms with Gasteiger partial charge in [-0.2, -0.15) is 0 Å². The summed E-state index contributed by atoms with van der Waals surface area (Å²) in [6.45, 7) is 13.0. The molecule has 1 aromatic heterocycles. The van der Waals surface area contributed by atoms with Gasteiger partial charge in [-0.25, -0.2) is 4.98 Å². The van der Waals surface area contributed by atoms with Gasteiger partial charge in [-0.3, -0.25) is 0 Å². The summed E-state index contributed by atoms with van der Waals surface area (Å²) < 4.78 is 0. The molecule has 0 aliphatic rings. The van der Waals surface area contributed by atoms with Crippen LogP contribution in [0.2, 0.25) is 0 Å². The molecule has 1 aromatic rings. The van der Waals surface area contributed by atoms with Crippen molar-refractivity contribution >= 4 is 11.8 Å². The monoisotopic (exact) mass is 281 g/mol. The second-order valence-corrected chi connectivity index (χ2v) is 6.03. The smallest absolute Gasteiger partial charge is 0.0960 e. The van der Waals surface area contributed by atoms with Crippen LogP contribution < -0.4 is 5.32 Å². The third-order valence-corrected chi connectivity index (χ3v) is 3.99. The number of thioether (sulfide) groups is 1. The summed E-state index contributed by atoms with van der Waals surface area (Å²) in [4.78, 5) is 6.95. The molecular formula is C15H27N3S. The Morgan fingerprint density at radius 1 is 1.26 bits per heavy atom. The van der Waals surface area contributed by atoms with Crippen molar-refractivity contribution in [2.24, 2.45) is 0 Å².